The second-order valence-electron chi connectivity index (χ2n) is 3.66. The molecule has 0 aromatic heterocycles. The number of Topliss-reactive ketones (excluding diaryl/α,β-unsaturated/α-hetero) is 1. The molecule has 0 atom stereocenters. The van der Waals surface area contributed by atoms with Crippen LogP contribution in [0.15, 0.2) is 29.4 Å². The van der Waals surface area contributed by atoms with E-state index >= 15 is 0 Å². The van der Waals surface area contributed by atoms with E-state index in [2.05, 4.69) is 5.10 Å². The predicted molar refractivity (Wildman–Crippen MR) is 60.1 cm³/mol. The molecule has 4 nitrogen and oxygen atoms in total. The van der Waals surface area contributed by atoms with Gasteiger partial charge in [0, 0.05) is 12.1 Å². The highest BCUT2D eigenvalue weighted by Crippen LogP contribution is 2.12. The third-order valence-electron chi connectivity index (χ3n) is 2.49. The van der Waals surface area contributed by atoms with Gasteiger partial charge in [-0.3, -0.25) is 9.59 Å². The summed E-state index contributed by atoms with van der Waals surface area (Å²) in [4.78, 5) is 23.1. The monoisotopic (exact) mass is 216 g/mol. The first-order valence-corrected chi connectivity index (χ1v) is 5.15. The minimum atomic E-state index is -0.543. The lowest BCUT2D eigenvalue weighted by Gasteiger charge is -2.04. The topological polar surface area (TPSA) is 49.7 Å². The molecule has 1 aliphatic heterocycles. The minimum Gasteiger partial charge on any atom is -0.281 e. The predicted octanol–water partition coefficient (Wildman–Crippen LogP) is 1.13. The Morgan fingerprint density at radius 2 is 1.81 bits per heavy atom. The Morgan fingerprint density at radius 3 is 2.31 bits per heavy atom. The van der Waals surface area contributed by atoms with Crippen molar-refractivity contribution in [3.05, 3.63) is 35.4 Å². The second-order valence-corrected chi connectivity index (χ2v) is 3.66. The van der Waals surface area contributed by atoms with Crippen molar-refractivity contribution in [2.45, 2.75) is 13.8 Å². The molecule has 0 unspecified atom stereocenters. The number of amides is 1. The SMILES string of the molecule is CCN1N=C(c2ccc(C)cc2)C(=O)C1=O. The van der Waals surface area contributed by atoms with Gasteiger partial charge in [-0.15, -0.1) is 0 Å². The van der Waals surface area contributed by atoms with Crippen LogP contribution in [0.25, 0.3) is 0 Å². The number of hydrogen-bond donors (Lipinski definition) is 0. The van der Waals surface area contributed by atoms with E-state index in [-0.39, 0.29) is 5.71 Å². The maximum atomic E-state index is 11.6. The summed E-state index contributed by atoms with van der Waals surface area (Å²) in [5.41, 5.74) is 2.04. The van der Waals surface area contributed by atoms with E-state index in [9.17, 15) is 9.59 Å². The van der Waals surface area contributed by atoms with E-state index in [1.165, 1.54) is 5.01 Å². The van der Waals surface area contributed by atoms with E-state index < -0.39 is 11.7 Å². The number of carbonyl (C=O) groups excluding carboxylic acids is 2. The summed E-state index contributed by atoms with van der Waals surface area (Å²) in [7, 11) is 0. The fraction of sp³-hybridized carbons (Fsp3) is 0.250. The van der Waals surface area contributed by atoms with Crippen LogP contribution in [0.4, 0.5) is 0 Å². The van der Waals surface area contributed by atoms with Gasteiger partial charge in [0.1, 0.15) is 5.71 Å². The van der Waals surface area contributed by atoms with Gasteiger partial charge in [-0.05, 0) is 13.8 Å². The lowest BCUT2D eigenvalue weighted by Crippen LogP contribution is -2.27. The second kappa shape index (κ2) is 3.89. The first-order chi connectivity index (χ1) is 7.63. The Morgan fingerprint density at radius 1 is 1.19 bits per heavy atom. The van der Waals surface area contributed by atoms with Crippen LogP contribution in [0.1, 0.15) is 18.1 Å². The smallest absolute Gasteiger partial charge is 0.281 e. The molecule has 0 radical (unpaired) electrons. The number of ketones is 1. The first-order valence-electron chi connectivity index (χ1n) is 5.15. The Hall–Kier alpha value is -1.97. The maximum absolute atomic E-state index is 11.6. The molecule has 82 valence electrons. The summed E-state index contributed by atoms with van der Waals surface area (Å²) in [6.45, 7) is 4.16. The molecule has 1 heterocycles. The molecule has 0 saturated heterocycles. The molecule has 4 heteroatoms. The molecule has 16 heavy (non-hydrogen) atoms. The summed E-state index contributed by atoms with van der Waals surface area (Å²) in [5, 5.41) is 5.21. The normalized spacial score (nSPS) is 15.6. The zero-order valence-electron chi connectivity index (χ0n) is 9.23. The van der Waals surface area contributed by atoms with Gasteiger partial charge in [0.05, 0.1) is 0 Å². The fourth-order valence-corrected chi connectivity index (χ4v) is 1.54. The van der Waals surface area contributed by atoms with Crippen LogP contribution in [0.2, 0.25) is 0 Å². The highest BCUT2D eigenvalue weighted by Gasteiger charge is 2.33. The number of aryl methyl sites for hydroxylation is 1. The van der Waals surface area contributed by atoms with Gasteiger partial charge < -0.3 is 0 Å². The highest BCUT2D eigenvalue weighted by atomic mass is 16.2. The summed E-state index contributed by atoms with van der Waals surface area (Å²) in [6.07, 6.45) is 0. The van der Waals surface area contributed by atoms with Crippen LogP contribution in [0, 0.1) is 6.92 Å². The highest BCUT2D eigenvalue weighted by molar-refractivity contribution is 6.69. The van der Waals surface area contributed by atoms with Crippen LogP contribution in [0.3, 0.4) is 0 Å². The van der Waals surface area contributed by atoms with Gasteiger partial charge in [0.25, 0.3) is 5.78 Å². The Kier molecular flexibility index (Phi) is 2.56. The number of carbonyl (C=O) groups is 2. The van der Waals surface area contributed by atoms with E-state index in [0.717, 1.165) is 5.56 Å². The van der Waals surface area contributed by atoms with Gasteiger partial charge in [-0.1, -0.05) is 29.8 Å². The quantitative estimate of drug-likeness (QED) is 0.696. The summed E-state index contributed by atoms with van der Waals surface area (Å²) in [5.74, 6) is -1.07. The first kappa shape index (κ1) is 10.5. The van der Waals surface area contributed by atoms with Crippen LogP contribution in [-0.4, -0.2) is 29.0 Å². The van der Waals surface area contributed by atoms with Gasteiger partial charge in [0.15, 0.2) is 0 Å². The molecule has 0 aliphatic carbocycles. The number of nitrogens with zero attached hydrogens (tertiary/aromatic N) is 2. The van der Waals surface area contributed by atoms with E-state index in [4.69, 9.17) is 0 Å². The van der Waals surface area contributed by atoms with Gasteiger partial charge in [-0.2, -0.15) is 5.10 Å². The standard InChI is InChI=1S/C12H12N2O2/c1-3-14-12(16)11(15)10(13-14)9-6-4-8(2)5-7-9/h4-7H,3H2,1-2H3. The van der Waals surface area contributed by atoms with Crippen molar-refractivity contribution in [1.82, 2.24) is 5.01 Å². The maximum Gasteiger partial charge on any atom is 0.316 e. The summed E-state index contributed by atoms with van der Waals surface area (Å²) < 4.78 is 0. The number of hydrazone groups is 1. The van der Waals surface area contributed by atoms with E-state index in [1.54, 1.807) is 19.1 Å². The van der Waals surface area contributed by atoms with Gasteiger partial charge in [0.2, 0.25) is 0 Å². The minimum absolute atomic E-state index is 0.242. The zero-order valence-corrected chi connectivity index (χ0v) is 9.23. The Labute approximate surface area is 93.6 Å². The third kappa shape index (κ3) is 1.62. The van der Waals surface area contributed by atoms with Crippen LogP contribution < -0.4 is 0 Å². The number of benzene rings is 1. The molecule has 0 fully saturated rings. The van der Waals surface area contributed by atoms with E-state index in [1.807, 2.05) is 19.1 Å². The zero-order chi connectivity index (χ0) is 11.7. The van der Waals surface area contributed by atoms with Crippen molar-refractivity contribution in [2.24, 2.45) is 5.10 Å². The number of likely N-dealkylation sites (N-methyl/N-ethyl adjacent to an activating group) is 1. The van der Waals surface area contributed by atoms with Crippen molar-refractivity contribution in [1.29, 1.82) is 0 Å². The summed E-state index contributed by atoms with van der Waals surface area (Å²) >= 11 is 0. The number of hydrogen-bond acceptors (Lipinski definition) is 3. The van der Waals surface area contributed by atoms with Crippen LogP contribution >= 0.6 is 0 Å². The van der Waals surface area contributed by atoms with Crippen molar-refractivity contribution in [3.63, 3.8) is 0 Å². The van der Waals surface area contributed by atoms with Gasteiger partial charge in [-0.25, -0.2) is 5.01 Å². The number of rotatable bonds is 2. The molecule has 0 N–H and O–H groups in total. The summed E-state index contributed by atoms with van der Waals surface area (Å²) in [6, 6.07) is 7.39. The molecule has 1 aromatic rings. The largest absolute Gasteiger partial charge is 0.316 e. The average molecular weight is 216 g/mol. The Bertz CT molecular complexity index is 474. The molecule has 2 rings (SSSR count). The molecular weight excluding hydrogens is 204 g/mol. The molecule has 1 aromatic carbocycles. The molecular formula is C12H12N2O2. The van der Waals surface area contributed by atoms with Crippen molar-refractivity contribution < 1.29 is 9.59 Å². The van der Waals surface area contributed by atoms with Crippen LogP contribution in [0.5, 0.6) is 0 Å². The molecule has 0 bridgehead atoms. The fourth-order valence-electron chi connectivity index (χ4n) is 1.54. The van der Waals surface area contributed by atoms with Crippen molar-refractivity contribution in [3.8, 4) is 0 Å². The van der Waals surface area contributed by atoms with Crippen molar-refractivity contribution >= 4 is 17.4 Å². The van der Waals surface area contributed by atoms with Crippen molar-refractivity contribution in [2.75, 3.05) is 6.54 Å². The van der Waals surface area contributed by atoms with E-state index in [0.29, 0.717) is 12.1 Å². The lowest BCUT2D eigenvalue weighted by atomic mass is 10.1. The molecule has 0 spiro atoms. The lowest BCUT2D eigenvalue weighted by molar-refractivity contribution is -0.139. The average Bonchev–Trinajstić information content (AvgIpc) is 2.57. The molecule has 0 saturated carbocycles. The molecule has 1 aliphatic rings. The third-order valence-corrected chi connectivity index (χ3v) is 2.49. The van der Waals surface area contributed by atoms with Gasteiger partial charge >= 0.3 is 5.91 Å². The van der Waals surface area contributed by atoms with Crippen LogP contribution in [-0.2, 0) is 9.59 Å². The Balaban J connectivity index is 2.38. The molecule has 1 amide bonds.